The van der Waals surface area contributed by atoms with Gasteiger partial charge in [-0.1, -0.05) is 20.8 Å². The van der Waals surface area contributed by atoms with E-state index in [1.54, 1.807) is 0 Å². The van der Waals surface area contributed by atoms with Crippen molar-refractivity contribution in [2.24, 2.45) is 5.41 Å². The second-order valence-corrected chi connectivity index (χ2v) is 5.17. The molecule has 0 saturated heterocycles. The van der Waals surface area contributed by atoms with Crippen molar-refractivity contribution >= 4 is 13.4 Å². The Balaban J connectivity index is 4.65. The Morgan fingerprint density at radius 1 is 1.42 bits per heavy atom. The number of hydrogen-bond donors (Lipinski definition) is 2. The van der Waals surface area contributed by atoms with Crippen molar-refractivity contribution in [3.05, 3.63) is 0 Å². The quantitative estimate of drug-likeness (QED) is 0.651. The van der Waals surface area contributed by atoms with Crippen molar-refractivity contribution < 1.29 is 23.5 Å². The van der Waals surface area contributed by atoms with Gasteiger partial charge in [0.2, 0.25) is 0 Å². The summed E-state index contributed by atoms with van der Waals surface area (Å²) in [6.45, 7) is 4.20. The van der Waals surface area contributed by atoms with Crippen LogP contribution in [0.15, 0.2) is 0 Å². The van der Waals surface area contributed by atoms with E-state index in [0.29, 0.717) is 0 Å². The predicted molar refractivity (Wildman–Crippen MR) is 41.4 cm³/mol. The molecule has 4 nitrogen and oxygen atoms in total. The zero-order valence-electron chi connectivity index (χ0n) is 7.11. The number of carbonyl (C=O) groups excluding carboxylic acids is 1. The normalized spacial score (nSPS) is 15.8. The Hall–Kier alpha value is -0.250. The van der Waals surface area contributed by atoms with Crippen LogP contribution in [0.3, 0.4) is 0 Å². The molecule has 0 spiro atoms. The van der Waals surface area contributed by atoms with Crippen molar-refractivity contribution in [2.45, 2.75) is 26.7 Å². The standard InChI is InChI=1S/C6H12FO4P/c1-6(2,3)4(8)5(7)12(9,10)11/h5H,1-3H3,(H2,9,10,11). The molecule has 0 aromatic heterocycles. The van der Waals surface area contributed by atoms with Gasteiger partial charge in [-0.15, -0.1) is 0 Å². The van der Waals surface area contributed by atoms with Gasteiger partial charge >= 0.3 is 7.60 Å². The van der Waals surface area contributed by atoms with Gasteiger partial charge in [-0.05, 0) is 0 Å². The summed E-state index contributed by atoms with van der Waals surface area (Å²) < 4.78 is 23.0. The summed E-state index contributed by atoms with van der Waals surface area (Å²) in [4.78, 5) is 27.6. The zero-order chi connectivity index (χ0) is 10.2. The smallest absolute Gasteiger partial charge is 0.322 e. The van der Waals surface area contributed by atoms with Gasteiger partial charge in [-0.25, -0.2) is 4.39 Å². The van der Waals surface area contributed by atoms with E-state index in [-0.39, 0.29) is 0 Å². The predicted octanol–water partition coefficient (Wildman–Crippen LogP) is 1.07. The fourth-order valence-corrected chi connectivity index (χ4v) is 1.20. The van der Waals surface area contributed by atoms with E-state index in [9.17, 15) is 13.8 Å². The monoisotopic (exact) mass is 198 g/mol. The minimum Gasteiger partial charge on any atom is -0.322 e. The lowest BCUT2D eigenvalue weighted by Gasteiger charge is -2.19. The topological polar surface area (TPSA) is 74.6 Å². The fraction of sp³-hybridized carbons (Fsp3) is 0.833. The molecule has 0 heterocycles. The third-order valence-electron chi connectivity index (χ3n) is 1.25. The third kappa shape index (κ3) is 3.01. The number of halogens is 1. The average molecular weight is 198 g/mol. The highest BCUT2D eigenvalue weighted by Gasteiger charge is 2.41. The average Bonchev–Trinajstić information content (AvgIpc) is 1.80. The minimum atomic E-state index is -4.93. The molecular formula is C6H12FO4P. The van der Waals surface area contributed by atoms with E-state index >= 15 is 0 Å². The summed E-state index contributed by atoms with van der Waals surface area (Å²) in [5, 5.41) is 0. The maximum Gasteiger partial charge on any atom is 0.367 e. The van der Waals surface area contributed by atoms with Gasteiger partial charge in [-0.3, -0.25) is 9.36 Å². The fourth-order valence-electron chi connectivity index (χ4n) is 0.510. The summed E-state index contributed by atoms with van der Waals surface area (Å²) >= 11 is 0. The molecule has 0 aliphatic heterocycles. The van der Waals surface area contributed by atoms with Crippen LogP contribution >= 0.6 is 7.60 Å². The molecule has 0 saturated carbocycles. The van der Waals surface area contributed by atoms with Crippen LogP contribution in [0.1, 0.15) is 20.8 Å². The molecule has 0 amide bonds. The van der Waals surface area contributed by atoms with E-state index in [1.165, 1.54) is 20.8 Å². The number of rotatable bonds is 2. The first-order valence-corrected chi connectivity index (χ1v) is 4.98. The van der Waals surface area contributed by atoms with Gasteiger partial charge in [0, 0.05) is 5.41 Å². The Morgan fingerprint density at radius 3 is 1.83 bits per heavy atom. The van der Waals surface area contributed by atoms with Crippen LogP contribution in [-0.2, 0) is 9.36 Å². The Bertz CT molecular complexity index is 226. The van der Waals surface area contributed by atoms with Crippen molar-refractivity contribution in [1.82, 2.24) is 0 Å². The minimum absolute atomic E-state index is 1.07. The molecule has 6 heteroatoms. The maximum atomic E-state index is 12.7. The third-order valence-corrected chi connectivity index (χ3v) is 2.08. The van der Waals surface area contributed by atoms with Crippen LogP contribution in [0.5, 0.6) is 0 Å². The van der Waals surface area contributed by atoms with E-state index in [4.69, 9.17) is 9.79 Å². The molecule has 1 atom stereocenters. The van der Waals surface area contributed by atoms with Crippen LogP contribution in [-0.4, -0.2) is 21.5 Å². The molecule has 1 unspecified atom stereocenters. The molecular weight excluding hydrogens is 186 g/mol. The lowest BCUT2D eigenvalue weighted by molar-refractivity contribution is -0.129. The second-order valence-electron chi connectivity index (χ2n) is 3.54. The van der Waals surface area contributed by atoms with Gasteiger partial charge in [0.05, 0.1) is 0 Å². The molecule has 2 N–H and O–H groups in total. The second kappa shape index (κ2) is 3.24. The van der Waals surface area contributed by atoms with Crippen molar-refractivity contribution in [1.29, 1.82) is 0 Å². The van der Waals surface area contributed by atoms with E-state index in [2.05, 4.69) is 0 Å². The molecule has 0 aromatic rings. The molecule has 0 aliphatic rings. The van der Waals surface area contributed by atoms with Gasteiger partial charge < -0.3 is 9.79 Å². The van der Waals surface area contributed by atoms with Gasteiger partial charge in [-0.2, -0.15) is 0 Å². The Kier molecular flexibility index (Phi) is 3.18. The first kappa shape index (κ1) is 11.8. The maximum absolute atomic E-state index is 12.7. The molecule has 0 radical (unpaired) electrons. The van der Waals surface area contributed by atoms with Gasteiger partial charge in [0.25, 0.3) is 5.91 Å². The van der Waals surface area contributed by atoms with Gasteiger partial charge in [0.1, 0.15) is 0 Å². The summed E-state index contributed by atoms with van der Waals surface area (Å²) in [6, 6.07) is 0. The SMILES string of the molecule is CC(C)(C)C(=O)C(F)P(=O)(O)O. The van der Waals surface area contributed by atoms with E-state index < -0.39 is 24.7 Å². The number of hydrogen-bond acceptors (Lipinski definition) is 2. The zero-order valence-corrected chi connectivity index (χ0v) is 8.01. The van der Waals surface area contributed by atoms with Crippen LogP contribution in [0.4, 0.5) is 4.39 Å². The summed E-state index contributed by atoms with van der Waals surface area (Å²) in [5.41, 5.74) is -1.07. The van der Waals surface area contributed by atoms with E-state index in [1.807, 2.05) is 0 Å². The first-order chi connectivity index (χ1) is 5.07. The molecule has 0 fully saturated rings. The highest BCUT2D eigenvalue weighted by Crippen LogP contribution is 2.44. The lowest BCUT2D eigenvalue weighted by atomic mass is 9.92. The molecule has 12 heavy (non-hydrogen) atoms. The molecule has 0 bridgehead atoms. The van der Waals surface area contributed by atoms with Crippen molar-refractivity contribution in [3.63, 3.8) is 0 Å². The summed E-state index contributed by atoms with van der Waals surface area (Å²) in [7, 11) is -4.93. The van der Waals surface area contributed by atoms with Crippen LogP contribution in [0.25, 0.3) is 0 Å². The van der Waals surface area contributed by atoms with Crippen LogP contribution in [0, 0.1) is 5.41 Å². The molecule has 0 aliphatic carbocycles. The van der Waals surface area contributed by atoms with Crippen LogP contribution in [0.2, 0.25) is 0 Å². The highest BCUT2D eigenvalue weighted by molar-refractivity contribution is 7.53. The molecule has 0 aromatic carbocycles. The first-order valence-electron chi connectivity index (χ1n) is 3.30. The number of Topliss-reactive ketones (excluding diaryl/α,β-unsaturated/α-hetero) is 1. The Labute approximate surface area is 69.9 Å². The number of carbonyl (C=O) groups is 1. The number of alkyl halides is 1. The molecule has 0 rings (SSSR count). The van der Waals surface area contributed by atoms with Crippen LogP contribution < -0.4 is 0 Å². The molecule has 72 valence electrons. The number of ketones is 1. The van der Waals surface area contributed by atoms with Gasteiger partial charge in [0.15, 0.2) is 5.78 Å². The summed E-state index contributed by atoms with van der Waals surface area (Å²) in [5.74, 6) is -3.77. The van der Waals surface area contributed by atoms with E-state index in [0.717, 1.165) is 0 Å². The lowest BCUT2D eigenvalue weighted by Crippen LogP contribution is -2.29. The Morgan fingerprint density at radius 2 is 1.75 bits per heavy atom. The van der Waals surface area contributed by atoms with Crippen molar-refractivity contribution in [2.75, 3.05) is 0 Å². The largest absolute Gasteiger partial charge is 0.367 e. The summed E-state index contributed by atoms with van der Waals surface area (Å²) in [6.07, 6.45) is 0. The van der Waals surface area contributed by atoms with Crippen molar-refractivity contribution in [3.8, 4) is 0 Å². The highest BCUT2D eigenvalue weighted by atomic mass is 31.2.